The van der Waals surface area contributed by atoms with E-state index in [2.05, 4.69) is 19.2 Å². The van der Waals surface area contributed by atoms with E-state index < -0.39 is 11.4 Å². The Kier molecular flexibility index (Phi) is 11.7. The van der Waals surface area contributed by atoms with Crippen molar-refractivity contribution >= 4 is 5.97 Å². The molecule has 0 unspecified atom stereocenters. The number of rotatable bonds is 14. The Labute approximate surface area is 131 Å². The van der Waals surface area contributed by atoms with Gasteiger partial charge in [0, 0.05) is 6.54 Å². The van der Waals surface area contributed by atoms with Crippen LogP contribution >= 0.6 is 0 Å². The summed E-state index contributed by atoms with van der Waals surface area (Å²) in [6.07, 6.45) is 12.0. The van der Waals surface area contributed by atoms with Crippen molar-refractivity contribution in [3.63, 3.8) is 0 Å². The molecule has 0 aliphatic carbocycles. The van der Waals surface area contributed by atoms with Crippen LogP contribution in [-0.4, -0.2) is 24.2 Å². The highest BCUT2D eigenvalue weighted by Gasteiger charge is 2.25. The van der Waals surface area contributed by atoms with Crippen LogP contribution in [0.3, 0.4) is 0 Å². The fourth-order valence-corrected chi connectivity index (χ4v) is 2.34. The minimum Gasteiger partial charge on any atom is -0.481 e. The van der Waals surface area contributed by atoms with E-state index in [1.165, 1.54) is 51.4 Å². The van der Waals surface area contributed by atoms with Gasteiger partial charge in [0.2, 0.25) is 0 Å². The lowest BCUT2D eigenvalue weighted by Gasteiger charge is -2.19. The number of hydrogen-bond acceptors (Lipinski definition) is 2. The molecular formula is C18H37NO2. The molecule has 0 saturated heterocycles. The van der Waals surface area contributed by atoms with Gasteiger partial charge in [-0.3, -0.25) is 4.79 Å². The smallest absolute Gasteiger partial charge is 0.310 e. The fraction of sp³-hybridized carbons (Fsp3) is 0.944. The molecule has 0 saturated carbocycles. The molecule has 0 aliphatic heterocycles. The maximum Gasteiger partial charge on any atom is 0.310 e. The standard InChI is InChI=1S/C18H37NO2/c1-16(2)13-11-9-7-5-6-8-10-12-14-19-15-18(3,4)17(20)21/h16,19H,5-15H2,1-4H3,(H,20,21). The number of nitrogens with one attached hydrogen (secondary N) is 1. The summed E-state index contributed by atoms with van der Waals surface area (Å²) in [7, 11) is 0. The number of carbonyl (C=O) groups is 1. The van der Waals surface area contributed by atoms with E-state index in [1.54, 1.807) is 13.8 Å². The molecule has 0 heterocycles. The Morgan fingerprint density at radius 2 is 1.43 bits per heavy atom. The Morgan fingerprint density at radius 1 is 0.952 bits per heavy atom. The third-order valence-corrected chi connectivity index (χ3v) is 4.03. The van der Waals surface area contributed by atoms with Crippen molar-refractivity contribution in [1.29, 1.82) is 0 Å². The Hall–Kier alpha value is -0.570. The molecule has 0 bridgehead atoms. The number of carboxylic acids is 1. The topological polar surface area (TPSA) is 49.3 Å². The van der Waals surface area contributed by atoms with Gasteiger partial charge in [-0.25, -0.2) is 0 Å². The van der Waals surface area contributed by atoms with E-state index in [9.17, 15) is 4.79 Å². The van der Waals surface area contributed by atoms with Crippen LogP contribution in [0.5, 0.6) is 0 Å². The van der Waals surface area contributed by atoms with Crippen LogP contribution < -0.4 is 5.32 Å². The highest BCUT2D eigenvalue weighted by molar-refractivity contribution is 5.73. The maximum absolute atomic E-state index is 10.9. The Balaban J connectivity index is 3.21. The predicted octanol–water partition coefficient (Wildman–Crippen LogP) is 4.85. The molecule has 21 heavy (non-hydrogen) atoms. The third-order valence-electron chi connectivity index (χ3n) is 4.03. The summed E-state index contributed by atoms with van der Waals surface area (Å²) in [5.41, 5.74) is -0.657. The van der Waals surface area contributed by atoms with E-state index in [0.29, 0.717) is 6.54 Å². The van der Waals surface area contributed by atoms with Gasteiger partial charge in [0.05, 0.1) is 5.41 Å². The Bertz CT molecular complexity index is 262. The minimum absolute atomic E-state index is 0.554. The number of unbranched alkanes of at least 4 members (excludes halogenated alkanes) is 7. The van der Waals surface area contributed by atoms with E-state index in [4.69, 9.17) is 5.11 Å². The first kappa shape index (κ1) is 20.4. The van der Waals surface area contributed by atoms with Gasteiger partial charge in [-0.15, -0.1) is 0 Å². The second-order valence-electron chi connectivity index (χ2n) is 7.38. The van der Waals surface area contributed by atoms with Crippen LogP contribution in [0.1, 0.15) is 85.5 Å². The van der Waals surface area contributed by atoms with Crippen LogP contribution in [0, 0.1) is 11.3 Å². The molecule has 0 aromatic heterocycles. The summed E-state index contributed by atoms with van der Waals surface area (Å²) < 4.78 is 0. The zero-order chi connectivity index (χ0) is 16.1. The van der Waals surface area contributed by atoms with Crippen LogP contribution in [0.4, 0.5) is 0 Å². The quantitative estimate of drug-likeness (QED) is 0.451. The number of hydrogen-bond donors (Lipinski definition) is 2. The SMILES string of the molecule is CC(C)CCCCCCCCCCNCC(C)(C)C(=O)O. The summed E-state index contributed by atoms with van der Waals surface area (Å²) in [4.78, 5) is 10.9. The van der Waals surface area contributed by atoms with Crippen molar-refractivity contribution in [2.45, 2.75) is 85.5 Å². The molecule has 0 amide bonds. The molecule has 0 fully saturated rings. The van der Waals surface area contributed by atoms with Crippen LogP contribution in [0.25, 0.3) is 0 Å². The first-order valence-electron chi connectivity index (χ1n) is 8.80. The molecule has 0 aromatic rings. The predicted molar refractivity (Wildman–Crippen MR) is 90.7 cm³/mol. The minimum atomic E-state index is -0.729. The van der Waals surface area contributed by atoms with Gasteiger partial charge in [0.15, 0.2) is 0 Å². The fourth-order valence-electron chi connectivity index (χ4n) is 2.34. The first-order valence-corrected chi connectivity index (χ1v) is 8.80. The largest absolute Gasteiger partial charge is 0.481 e. The second kappa shape index (κ2) is 12.0. The van der Waals surface area contributed by atoms with Crippen molar-refractivity contribution in [2.75, 3.05) is 13.1 Å². The zero-order valence-electron chi connectivity index (χ0n) is 14.7. The molecule has 2 N–H and O–H groups in total. The summed E-state index contributed by atoms with van der Waals surface area (Å²) >= 11 is 0. The summed E-state index contributed by atoms with van der Waals surface area (Å²) in [6, 6.07) is 0. The lowest BCUT2D eigenvalue weighted by atomic mass is 9.94. The summed E-state index contributed by atoms with van der Waals surface area (Å²) in [5, 5.41) is 12.2. The second-order valence-corrected chi connectivity index (χ2v) is 7.38. The van der Waals surface area contributed by atoms with Gasteiger partial charge < -0.3 is 10.4 Å². The van der Waals surface area contributed by atoms with Gasteiger partial charge >= 0.3 is 5.97 Å². The molecule has 0 spiro atoms. The number of carboxylic acid groups (broad SMARTS) is 1. The lowest BCUT2D eigenvalue weighted by molar-refractivity contribution is -0.146. The van der Waals surface area contributed by atoms with Gasteiger partial charge in [-0.2, -0.15) is 0 Å². The highest BCUT2D eigenvalue weighted by Crippen LogP contribution is 2.14. The molecule has 126 valence electrons. The van der Waals surface area contributed by atoms with E-state index >= 15 is 0 Å². The van der Waals surface area contributed by atoms with E-state index in [-0.39, 0.29) is 0 Å². The maximum atomic E-state index is 10.9. The van der Waals surface area contributed by atoms with E-state index in [1.807, 2.05) is 0 Å². The van der Waals surface area contributed by atoms with Crippen LogP contribution in [0.15, 0.2) is 0 Å². The first-order chi connectivity index (χ1) is 9.86. The molecule has 0 aliphatic rings. The van der Waals surface area contributed by atoms with Gasteiger partial charge in [-0.05, 0) is 32.7 Å². The van der Waals surface area contributed by atoms with Crippen LogP contribution in [0.2, 0.25) is 0 Å². The van der Waals surface area contributed by atoms with Crippen molar-refractivity contribution in [1.82, 2.24) is 5.32 Å². The van der Waals surface area contributed by atoms with Crippen LogP contribution in [-0.2, 0) is 4.79 Å². The van der Waals surface area contributed by atoms with Crippen molar-refractivity contribution < 1.29 is 9.90 Å². The van der Waals surface area contributed by atoms with Crippen molar-refractivity contribution in [3.8, 4) is 0 Å². The van der Waals surface area contributed by atoms with Gasteiger partial charge in [-0.1, -0.05) is 65.2 Å². The average molecular weight is 299 g/mol. The third kappa shape index (κ3) is 12.9. The van der Waals surface area contributed by atoms with Gasteiger partial charge in [0.1, 0.15) is 0 Å². The number of aliphatic carboxylic acids is 1. The molecule has 0 radical (unpaired) electrons. The highest BCUT2D eigenvalue weighted by atomic mass is 16.4. The molecule has 0 aromatic carbocycles. The normalized spacial score (nSPS) is 12.0. The molecule has 0 rings (SSSR count). The van der Waals surface area contributed by atoms with Crippen molar-refractivity contribution in [3.05, 3.63) is 0 Å². The monoisotopic (exact) mass is 299 g/mol. The summed E-state index contributed by atoms with van der Waals surface area (Å²) in [6.45, 7) is 9.61. The van der Waals surface area contributed by atoms with Gasteiger partial charge in [0.25, 0.3) is 0 Å². The summed E-state index contributed by atoms with van der Waals surface area (Å²) in [5.74, 6) is 0.121. The Morgan fingerprint density at radius 3 is 1.90 bits per heavy atom. The lowest BCUT2D eigenvalue weighted by Crippen LogP contribution is -2.36. The molecule has 0 atom stereocenters. The molecule has 3 nitrogen and oxygen atoms in total. The van der Waals surface area contributed by atoms with E-state index in [0.717, 1.165) is 18.9 Å². The molecule has 3 heteroatoms. The zero-order valence-corrected chi connectivity index (χ0v) is 14.7. The van der Waals surface area contributed by atoms with Crippen molar-refractivity contribution in [2.24, 2.45) is 11.3 Å². The average Bonchev–Trinajstić information content (AvgIpc) is 2.39. The molecular weight excluding hydrogens is 262 g/mol.